The maximum atomic E-state index is 10.8. The number of hydrogen-bond donors (Lipinski definition) is 1. The first-order chi connectivity index (χ1) is 16.7. The van der Waals surface area contributed by atoms with Crippen molar-refractivity contribution in [2.75, 3.05) is 6.61 Å². The lowest BCUT2D eigenvalue weighted by Crippen LogP contribution is -2.11. The first kappa shape index (κ1) is 22.0. The van der Waals surface area contributed by atoms with Crippen molar-refractivity contribution in [3.63, 3.8) is 0 Å². The minimum atomic E-state index is -0.978. The van der Waals surface area contributed by atoms with E-state index in [1.165, 1.54) is 0 Å². The normalized spacial score (nSPS) is 17.5. The molecule has 0 saturated heterocycles. The van der Waals surface area contributed by atoms with E-state index in [0.717, 1.165) is 59.7 Å². The highest BCUT2D eigenvalue weighted by atomic mass is 16.5. The van der Waals surface area contributed by atoms with Crippen LogP contribution in [0, 0.1) is 5.92 Å². The Kier molecular flexibility index (Phi) is 6.43. The van der Waals surface area contributed by atoms with Crippen LogP contribution >= 0.6 is 0 Å². The summed E-state index contributed by atoms with van der Waals surface area (Å²) < 4.78 is 11.9. The fraction of sp³-hybridized carbons (Fsp3) is 0.241. The second kappa shape index (κ2) is 9.96. The van der Waals surface area contributed by atoms with Gasteiger partial charge in [0.15, 0.2) is 18.3 Å². The predicted molar refractivity (Wildman–Crippen MR) is 131 cm³/mol. The molecule has 5 nitrogen and oxygen atoms in total. The van der Waals surface area contributed by atoms with Gasteiger partial charge in [0.25, 0.3) is 0 Å². The number of hydrogen-bond acceptors (Lipinski definition) is 4. The zero-order valence-electron chi connectivity index (χ0n) is 18.9. The van der Waals surface area contributed by atoms with Gasteiger partial charge in [-0.2, -0.15) is 0 Å². The van der Waals surface area contributed by atoms with Crippen LogP contribution < -0.4 is 4.74 Å². The highest BCUT2D eigenvalue weighted by Gasteiger charge is 2.33. The number of rotatable bonds is 8. The fourth-order valence-corrected chi connectivity index (χ4v) is 4.89. The number of carboxylic acid groups (broad SMARTS) is 1. The standard InChI is InChI=1S/C29H27NO4/c31-26(32)19-33-24-15-7-9-20(18-24)17-23-14-8-16-25(23)29-30-27(21-10-3-1-4-11-21)28(34-29)22-12-5-2-6-13-22/h1-7,9-13,15,18,23,25H,8,14,16-17,19H2,(H,31,32). The van der Waals surface area contributed by atoms with E-state index in [9.17, 15) is 4.79 Å². The van der Waals surface area contributed by atoms with Gasteiger partial charge < -0.3 is 14.3 Å². The molecule has 1 saturated carbocycles. The van der Waals surface area contributed by atoms with E-state index in [0.29, 0.717) is 11.7 Å². The van der Waals surface area contributed by atoms with Gasteiger partial charge in [-0.3, -0.25) is 0 Å². The number of oxazole rings is 1. The van der Waals surface area contributed by atoms with Crippen LogP contribution in [0.15, 0.2) is 89.3 Å². The molecule has 1 fully saturated rings. The van der Waals surface area contributed by atoms with Gasteiger partial charge in [0.1, 0.15) is 11.4 Å². The van der Waals surface area contributed by atoms with E-state index in [-0.39, 0.29) is 12.5 Å². The first-order valence-corrected chi connectivity index (χ1v) is 11.7. The maximum Gasteiger partial charge on any atom is 0.341 e. The molecular weight excluding hydrogens is 426 g/mol. The molecule has 0 spiro atoms. The Morgan fingerprint density at radius 2 is 1.68 bits per heavy atom. The lowest BCUT2D eigenvalue weighted by Gasteiger charge is -2.17. The monoisotopic (exact) mass is 453 g/mol. The highest BCUT2D eigenvalue weighted by molar-refractivity contribution is 5.76. The Hall–Kier alpha value is -3.86. The average Bonchev–Trinajstić information content (AvgIpc) is 3.51. The van der Waals surface area contributed by atoms with Gasteiger partial charge in [-0.1, -0.05) is 79.2 Å². The molecule has 2 atom stereocenters. The molecule has 0 bridgehead atoms. The number of nitrogens with zero attached hydrogens (tertiary/aromatic N) is 1. The van der Waals surface area contributed by atoms with Crippen molar-refractivity contribution in [1.82, 2.24) is 4.98 Å². The summed E-state index contributed by atoms with van der Waals surface area (Å²) in [6, 6.07) is 28.1. The molecule has 4 aromatic rings. The summed E-state index contributed by atoms with van der Waals surface area (Å²) in [5, 5.41) is 8.88. The van der Waals surface area contributed by atoms with E-state index in [1.54, 1.807) is 6.07 Å². The zero-order valence-corrected chi connectivity index (χ0v) is 18.9. The third-order valence-corrected chi connectivity index (χ3v) is 6.46. The largest absolute Gasteiger partial charge is 0.482 e. The Morgan fingerprint density at radius 1 is 0.941 bits per heavy atom. The number of benzene rings is 3. The van der Waals surface area contributed by atoms with Gasteiger partial charge in [-0.15, -0.1) is 0 Å². The summed E-state index contributed by atoms with van der Waals surface area (Å²) in [7, 11) is 0. The van der Waals surface area contributed by atoms with Crippen molar-refractivity contribution in [2.45, 2.75) is 31.6 Å². The van der Waals surface area contributed by atoms with Crippen LogP contribution in [0.25, 0.3) is 22.6 Å². The van der Waals surface area contributed by atoms with Crippen molar-refractivity contribution < 1.29 is 19.1 Å². The molecule has 2 unspecified atom stereocenters. The number of ether oxygens (including phenoxy) is 1. The predicted octanol–water partition coefficient (Wildman–Crippen LogP) is 6.60. The summed E-state index contributed by atoms with van der Waals surface area (Å²) >= 11 is 0. The summed E-state index contributed by atoms with van der Waals surface area (Å²) in [5.74, 6) is 1.87. The Labute approximate surface area is 199 Å². The summed E-state index contributed by atoms with van der Waals surface area (Å²) in [5.41, 5.74) is 4.10. The topological polar surface area (TPSA) is 72.6 Å². The number of aliphatic carboxylic acids is 1. The minimum Gasteiger partial charge on any atom is -0.482 e. The van der Waals surface area contributed by atoms with E-state index in [2.05, 4.69) is 30.3 Å². The second-order valence-electron chi connectivity index (χ2n) is 8.79. The molecule has 1 heterocycles. The molecule has 172 valence electrons. The van der Waals surface area contributed by atoms with E-state index >= 15 is 0 Å². The smallest absolute Gasteiger partial charge is 0.341 e. The third-order valence-electron chi connectivity index (χ3n) is 6.46. The van der Waals surface area contributed by atoms with Crippen LogP contribution in [0.2, 0.25) is 0 Å². The fourth-order valence-electron chi connectivity index (χ4n) is 4.89. The summed E-state index contributed by atoms with van der Waals surface area (Å²) in [6.45, 7) is -0.337. The molecule has 5 rings (SSSR count). The molecule has 1 aromatic heterocycles. The quantitative estimate of drug-likeness (QED) is 0.325. The van der Waals surface area contributed by atoms with Crippen molar-refractivity contribution in [3.8, 4) is 28.3 Å². The first-order valence-electron chi connectivity index (χ1n) is 11.7. The molecule has 3 aromatic carbocycles. The molecule has 1 aliphatic rings. The molecule has 1 aliphatic carbocycles. The molecular formula is C29H27NO4. The van der Waals surface area contributed by atoms with Crippen LogP contribution in [0.5, 0.6) is 5.75 Å². The van der Waals surface area contributed by atoms with E-state index in [4.69, 9.17) is 19.2 Å². The molecule has 0 radical (unpaired) electrons. The lowest BCUT2D eigenvalue weighted by molar-refractivity contribution is -0.139. The summed E-state index contributed by atoms with van der Waals surface area (Å²) in [6.07, 6.45) is 4.16. The van der Waals surface area contributed by atoms with Gasteiger partial charge in [0.2, 0.25) is 0 Å². The molecule has 0 aliphatic heterocycles. The van der Waals surface area contributed by atoms with Crippen LogP contribution in [0.3, 0.4) is 0 Å². The third kappa shape index (κ3) is 4.88. The maximum absolute atomic E-state index is 10.8. The second-order valence-corrected chi connectivity index (χ2v) is 8.79. The lowest BCUT2D eigenvalue weighted by atomic mass is 9.89. The van der Waals surface area contributed by atoms with Crippen molar-refractivity contribution >= 4 is 5.97 Å². The number of carbonyl (C=O) groups is 1. The Morgan fingerprint density at radius 3 is 2.41 bits per heavy atom. The van der Waals surface area contributed by atoms with Gasteiger partial charge in [0, 0.05) is 17.0 Å². The number of aromatic nitrogens is 1. The van der Waals surface area contributed by atoms with Gasteiger partial charge in [-0.25, -0.2) is 9.78 Å². The van der Waals surface area contributed by atoms with Gasteiger partial charge in [0.05, 0.1) is 0 Å². The minimum absolute atomic E-state index is 0.239. The van der Waals surface area contributed by atoms with E-state index in [1.807, 2.05) is 48.5 Å². The van der Waals surface area contributed by atoms with Gasteiger partial charge in [-0.05, 0) is 42.9 Å². The summed E-state index contributed by atoms with van der Waals surface area (Å²) in [4.78, 5) is 15.9. The molecule has 5 heteroatoms. The highest BCUT2D eigenvalue weighted by Crippen LogP contribution is 2.44. The van der Waals surface area contributed by atoms with Crippen LogP contribution in [0.4, 0.5) is 0 Å². The molecule has 1 N–H and O–H groups in total. The van der Waals surface area contributed by atoms with Crippen LogP contribution in [0.1, 0.15) is 36.6 Å². The Bertz CT molecular complexity index is 1190. The van der Waals surface area contributed by atoms with E-state index < -0.39 is 5.97 Å². The number of carboxylic acids is 1. The average molecular weight is 454 g/mol. The van der Waals surface area contributed by atoms with Crippen LogP contribution in [-0.2, 0) is 11.2 Å². The molecule has 34 heavy (non-hydrogen) atoms. The van der Waals surface area contributed by atoms with Crippen molar-refractivity contribution in [2.24, 2.45) is 5.92 Å². The van der Waals surface area contributed by atoms with Crippen LogP contribution in [-0.4, -0.2) is 22.7 Å². The SMILES string of the molecule is O=C(O)COc1cccc(CC2CCCC2c2nc(-c3ccccc3)c(-c3ccccc3)o2)c1. The van der Waals surface area contributed by atoms with Crippen molar-refractivity contribution in [1.29, 1.82) is 0 Å². The van der Waals surface area contributed by atoms with Crippen molar-refractivity contribution in [3.05, 3.63) is 96.4 Å². The van der Waals surface area contributed by atoms with Gasteiger partial charge >= 0.3 is 5.97 Å². The zero-order chi connectivity index (χ0) is 23.3. The molecule has 0 amide bonds. The Balaban J connectivity index is 1.43.